The lowest BCUT2D eigenvalue weighted by molar-refractivity contribution is 0.0894. The molecule has 0 aromatic carbocycles. The van der Waals surface area contributed by atoms with Crippen molar-refractivity contribution < 1.29 is 14.0 Å². The molecule has 0 radical (unpaired) electrons. The second-order valence-electron chi connectivity index (χ2n) is 10.7. The van der Waals surface area contributed by atoms with E-state index in [0.29, 0.717) is 48.3 Å². The molecule has 1 aliphatic heterocycles. The topological polar surface area (TPSA) is 122 Å². The standard InChI is InChI=1S/C31H34N8O3S/c1-4-37(5-2)20(3)8-9-26(40)21-15-25(23-17-33-39-12-10-24(36-29(23)39)27-7-6-14-43-27)35-28(16-21)38-18-22(19-38)34-30(41)31-32-11-13-42-31/h6-7,10-17,20,22H,4-5,8-9,18-19H2,1-3H3,(H,34,41)/t20-/m0/s1. The van der Waals surface area contributed by atoms with Gasteiger partial charge < -0.3 is 19.5 Å². The fourth-order valence-electron chi connectivity index (χ4n) is 5.44. The molecule has 0 aliphatic carbocycles. The van der Waals surface area contributed by atoms with Crippen molar-refractivity contribution in [2.75, 3.05) is 31.1 Å². The zero-order chi connectivity index (χ0) is 29.9. The Bertz CT molecular complexity index is 1710. The smallest absolute Gasteiger partial charge is 0.307 e. The largest absolute Gasteiger partial charge is 0.441 e. The van der Waals surface area contributed by atoms with E-state index in [9.17, 15) is 9.59 Å². The summed E-state index contributed by atoms with van der Waals surface area (Å²) in [6.07, 6.45) is 7.66. The van der Waals surface area contributed by atoms with E-state index >= 15 is 0 Å². The number of aromatic nitrogens is 5. The number of nitrogens with zero attached hydrogens (tertiary/aromatic N) is 7. The SMILES string of the molecule is CCN(CC)[C@@H](C)CCC(=O)c1cc(-c2cnn3ccc(-c4cccs4)nc23)nc(N2CC(NC(=O)c3ncco3)C2)c1. The quantitative estimate of drug-likeness (QED) is 0.202. The summed E-state index contributed by atoms with van der Waals surface area (Å²) in [5.41, 5.74) is 3.52. The molecule has 1 atom stereocenters. The lowest BCUT2D eigenvalue weighted by Gasteiger charge is -2.40. The van der Waals surface area contributed by atoms with Crippen molar-refractivity contribution >= 4 is 34.5 Å². The second kappa shape index (κ2) is 12.4. The fourth-order valence-corrected chi connectivity index (χ4v) is 6.14. The molecular weight excluding hydrogens is 564 g/mol. The first-order valence-corrected chi connectivity index (χ1v) is 15.4. The molecule has 11 nitrogen and oxygen atoms in total. The van der Waals surface area contributed by atoms with Gasteiger partial charge in [0.1, 0.15) is 12.1 Å². The van der Waals surface area contributed by atoms with Crippen LogP contribution >= 0.6 is 11.3 Å². The van der Waals surface area contributed by atoms with E-state index in [-0.39, 0.29) is 23.6 Å². The van der Waals surface area contributed by atoms with Crippen LogP contribution in [0.4, 0.5) is 5.82 Å². The number of carbonyl (C=O) groups is 2. The van der Waals surface area contributed by atoms with Crippen LogP contribution in [0, 0.1) is 0 Å². The van der Waals surface area contributed by atoms with Crippen LogP contribution in [-0.2, 0) is 0 Å². The summed E-state index contributed by atoms with van der Waals surface area (Å²) in [7, 11) is 0. The molecule has 1 N–H and O–H groups in total. The lowest BCUT2D eigenvalue weighted by atomic mass is 10.0. The minimum absolute atomic E-state index is 0.0351. The van der Waals surface area contributed by atoms with Crippen LogP contribution < -0.4 is 10.2 Å². The van der Waals surface area contributed by atoms with Crippen molar-refractivity contribution in [2.45, 2.75) is 45.7 Å². The van der Waals surface area contributed by atoms with Gasteiger partial charge in [0.05, 0.1) is 40.3 Å². The highest BCUT2D eigenvalue weighted by atomic mass is 32.1. The summed E-state index contributed by atoms with van der Waals surface area (Å²) >= 11 is 1.63. The first-order valence-electron chi connectivity index (χ1n) is 14.6. The zero-order valence-corrected chi connectivity index (χ0v) is 25.3. The number of pyridine rings is 1. The molecule has 1 saturated heterocycles. The van der Waals surface area contributed by atoms with Gasteiger partial charge in [-0.1, -0.05) is 19.9 Å². The Hall–Kier alpha value is -4.42. The van der Waals surface area contributed by atoms with Crippen molar-refractivity contribution in [3.05, 3.63) is 72.0 Å². The predicted molar refractivity (Wildman–Crippen MR) is 165 cm³/mol. The van der Waals surface area contributed by atoms with E-state index in [0.717, 1.165) is 35.6 Å². The van der Waals surface area contributed by atoms with Gasteiger partial charge in [-0.15, -0.1) is 11.3 Å². The maximum atomic E-state index is 13.6. The third kappa shape index (κ3) is 6.06. The highest BCUT2D eigenvalue weighted by Gasteiger charge is 2.31. The van der Waals surface area contributed by atoms with E-state index in [1.54, 1.807) is 22.0 Å². The molecule has 5 aromatic rings. The molecule has 1 amide bonds. The Morgan fingerprint density at radius 3 is 2.72 bits per heavy atom. The van der Waals surface area contributed by atoms with Gasteiger partial charge >= 0.3 is 5.91 Å². The average molecular weight is 599 g/mol. The van der Waals surface area contributed by atoms with Crippen molar-refractivity contribution in [3.8, 4) is 21.8 Å². The first-order chi connectivity index (χ1) is 20.9. The predicted octanol–water partition coefficient (Wildman–Crippen LogP) is 4.82. The average Bonchev–Trinajstić information content (AvgIpc) is 3.80. The summed E-state index contributed by atoms with van der Waals surface area (Å²) < 4.78 is 6.84. The van der Waals surface area contributed by atoms with E-state index in [4.69, 9.17) is 14.4 Å². The van der Waals surface area contributed by atoms with Gasteiger partial charge in [0.2, 0.25) is 0 Å². The number of carbonyl (C=O) groups excluding carboxylic acids is 2. The second-order valence-corrected chi connectivity index (χ2v) is 11.6. The summed E-state index contributed by atoms with van der Waals surface area (Å²) in [6.45, 7) is 9.46. The maximum absolute atomic E-state index is 13.6. The van der Waals surface area contributed by atoms with Crippen LogP contribution in [0.5, 0.6) is 0 Å². The van der Waals surface area contributed by atoms with E-state index < -0.39 is 0 Å². The van der Waals surface area contributed by atoms with Crippen LogP contribution in [0.3, 0.4) is 0 Å². The Labute approximate surface area is 253 Å². The number of rotatable bonds is 12. The lowest BCUT2D eigenvalue weighted by Crippen LogP contribution is -2.59. The highest BCUT2D eigenvalue weighted by molar-refractivity contribution is 7.13. The van der Waals surface area contributed by atoms with Crippen molar-refractivity contribution in [3.63, 3.8) is 0 Å². The molecule has 6 rings (SSSR count). The number of oxazole rings is 1. The van der Waals surface area contributed by atoms with Crippen molar-refractivity contribution in [1.82, 2.24) is 34.8 Å². The van der Waals surface area contributed by atoms with Crippen LogP contribution in [0.15, 0.2) is 65.0 Å². The molecule has 0 spiro atoms. The summed E-state index contributed by atoms with van der Waals surface area (Å²) in [4.78, 5) is 45.3. The summed E-state index contributed by atoms with van der Waals surface area (Å²) in [6, 6.07) is 9.91. The van der Waals surface area contributed by atoms with Crippen molar-refractivity contribution in [2.24, 2.45) is 0 Å². The Morgan fingerprint density at radius 2 is 2.00 bits per heavy atom. The van der Waals surface area contributed by atoms with E-state index in [1.807, 2.05) is 41.9 Å². The summed E-state index contributed by atoms with van der Waals surface area (Å²) in [5.74, 6) is 0.427. The number of anilines is 1. The van der Waals surface area contributed by atoms with E-state index in [1.165, 1.54) is 12.5 Å². The van der Waals surface area contributed by atoms with E-state index in [2.05, 4.69) is 46.0 Å². The van der Waals surface area contributed by atoms with Gasteiger partial charge in [0.15, 0.2) is 11.4 Å². The van der Waals surface area contributed by atoms with Crippen LogP contribution in [0.1, 0.15) is 54.7 Å². The third-order valence-electron chi connectivity index (χ3n) is 7.94. The van der Waals surface area contributed by atoms with Gasteiger partial charge in [-0.05, 0) is 56.1 Å². The molecule has 43 heavy (non-hydrogen) atoms. The highest BCUT2D eigenvalue weighted by Crippen LogP contribution is 2.30. The normalized spacial score (nSPS) is 14.3. The molecule has 6 heterocycles. The maximum Gasteiger partial charge on any atom is 0.307 e. The van der Waals surface area contributed by atoms with Gasteiger partial charge in [-0.3, -0.25) is 9.59 Å². The molecule has 0 saturated carbocycles. The Morgan fingerprint density at radius 1 is 1.16 bits per heavy atom. The third-order valence-corrected chi connectivity index (χ3v) is 8.84. The monoisotopic (exact) mass is 598 g/mol. The number of hydrogen-bond acceptors (Lipinski definition) is 10. The number of ketones is 1. The van der Waals surface area contributed by atoms with Gasteiger partial charge in [0.25, 0.3) is 5.89 Å². The fraction of sp³-hybridized carbons (Fsp3) is 0.355. The first kappa shape index (κ1) is 28.7. The molecular formula is C31H34N8O3S. The Balaban J connectivity index is 1.29. The molecule has 1 fully saturated rings. The molecule has 222 valence electrons. The van der Waals surface area contributed by atoms with Crippen LogP contribution in [0.2, 0.25) is 0 Å². The van der Waals surface area contributed by atoms with Gasteiger partial charge in [-0.25, -0.2) is 19.5 Å². The number of thiophene rings is 1. The zero-order valence-electron chi connectivity index (χ0n) is 24.4. The molecule has 0 bridgehead atoms. The summed E-state index contributed by atoms with van der Waals surface area (Å²) in [5, 5.41) is 9.48. The Kier molecular flexibility index (Phi) is 8.30. The molecule has 0 unspecified atom stereocenters. The number of nitrogens with one attached hydrogen (secondary N) is 1. The van der Waals surface area contributed by atoms with Gasteiger partial charge in [0, 0.05) is 37.3 Å². The number of Topliss-reactive ketones (excluding diaryl/α,β-unsaturated/α-hetero) is 1. The number of hydrogen-bond donors (Lipinski definition) is 1. The van der Waals surface area contributed by atoms with Gasteiger partial charge in [-0.2, -0.15) is 5.10 Å². The minimum atomic E-state index is -0.353. The van der Waals surface area contributed by atoms with Crippen LogP contribution in [-0.4, -0.2) is 79.4 Å². The molecule has 12 heteroatoms. The number of fused-ring (bicyclic) bond motifs is 1. The number of amides is 1. The minimum Gasteiger partial charge on any atom is -0.441 e. The molecule has 5 aromatic heterocycles. The van der Waals surface area contributed by atoms with Crippen LogP contribution in [0.25, 0.3) is 27.5 Å². The molecule has 1 aliphatic rings. The van der Waals surface area contributed by atoms with Crippen molar-refractivity contribution in [1.29, 1.82) is 0 Å².